The summed E-state index contributed by atoms with van der Waals surface area (Å²) in [6.07, 6.45) is 1.44. The van der Waals surface area contributed by atoms with Crippen molar-refractivity contribution in [3.05, 3.63) is 35.9 Å². The van der Waals surface area contributed by atoms with Crippen molar-refractivity contribution in [3.63, 3.8) is 0 Å². The molecule has 15 heavy (non-hydrogen) atoms. The van der Waals surface area contributed by atoms with Crippen LogP contribution in [0.5, 0.6) is 0 Å². The quantitative estimate of drug-likeness (QED) is 0.897. The van der Waals surface area contributed by atoms with Crippen molar-refractivity contribution in [2.75, 3.05) is 0 Å². The fourth-order valence-electron chi connectivity index (χ4n) is 1.03. The predicted molar refractivity (Wildman–Crippen MR) is 56.4 cm³/mol. The Morgan fingerprint density at radius 3 is 2.93 bits per heavy atom. The van der Waals surface area contributed by atoms with Crippen molar-refractivity contribution < 1.29 is 9.50 Å². The van der Waals surface area contributed by atoms with Gasteiger partial charge < -0.3 is 5.11 Å². The van der Waals surface area contributed by atoms with E-state index in [1.165, 1.54) is 35.7 Å². The van der Waals surface area contributed by atoms with Gasteiger partial charge >= 0.3 is 0 Å². The highest BCUT2D eigenvalue weighted by Crippen LogP contribution is 2.30. The lowest BCUT2D eigenvalue weighted by atomic mass is 10.2. The Balaban J connectivity index is 2.22. The Hall–Kier alpha value is -0.980. The molecular weight excluding hydrogens is 235 g/mol. The van der Waals surface area contributed by atoms with Gasteiger partial charge in [-0.1, -0.05) is 17.8 Å². The third kappa shape index (κ3) is 2.53. The van der Waals surface area contributed by atoms with Gasteiger partial charge in [-0.3, -0.25) is 0 Å². The van der Waals surface area contributed by atoms with Crippen LogP contribution in [0.1, 0.15) is 5.56 Å². The first kappa shape index (κ1) is 10.5. The van der Waals surface area contributed by atoms with Gasteiger partial charge in [-0.15, -0.1) is 0 Å². The monoisotopic (exact) mass is 242 g/mol. The van der Waals surface area contributed by atoms with Crippen LogP contribution in [-0.4, -0.2) is 14.5 Å². The molecule has 1 aromatic carbocycles. The van der Waals surface area contributed by atoms with Gasteiger partial charge in [0.1, 0.15) is 12.1 Å². The van der Waals surface area contributed by atoms with Crippen LogP contribution in [0.15, 0.2) is 33.8 Å². The molecular formula is C9H7FN2OS2. The fraction of sp³-hybridized carbons (Fsp3) is 0.111. The number of hydrogen-bond donors (Lipinski definition) is 1. The minimum atomic E-state index is -0.346. The van der Waals surface area contributed by atoms with Gasteiger partial charge in [0.05, 0.1) is 11.5 Å². The number of aliphatic hydroxyl groups excluding tert-OH is 1. The number of aliphatic hydroxyl groups is 1. The molecule has 0 amide bonds. The maximum absolute atomic E-state index is 13.5. The van der Waals surface area contributed by atoms with Crippen molar-refractivity contribution in [3.8, 4) is 0 Å². The van der Waals surface area contributed by atoms with Crippen LogP contribution in [0.3, 0.4) is 0 Å². The van der Waals surface area contributed by atoms with E-state index in [9.17, 15) is 4.39 Å². The third-order valence-corrected chi connectivity index (χ3v) is 3.48. The van der Waals surface area contributed by atoms with Gasteiger partial charge in [0.15, 0.2) is 4.34 Å². The summed E-state index contributed by atoms with van der Waals surface area (Å²) >= 11 is 2.45. The Bertz CT molecular complexity index is 447. The van der Waals surface area contributed by atoms with E-state index in [4.69, 9.17) is 5.11 Å². The summed E-state index contributed by atoms with van der Waals surface area (Å²) in [6.45, 7) is -0.152. The summed E-state index contributed by atoms with van der Waals surface area (Å²) in [5.74, 6) is -0.346. The van der Waals surface area contributed by atoms with E-state index < -0.39 is 0 Å². The predicted octanol–water partition coefficient (Wildman–Crippen LogP) is 2.32. The molecule has 0 bridgehead atoms. The summed E-state index contributed by atoms with van der Waals surface area (Å²) in [7, 11) is 0. The average Bonchev–Trinajstić information content (AvgIpc) is 2.74. The Kier molecular flexibility index (Phi) is 3.30. The number of nitrogens with zero attached hydrogens (tertiary/aromatic N) is 2. The van der Waals surface area contributed by atoms with Crippen molar-refractivity contribution in [1.29, 1.82) is 0 Å². The van der Waals surface area contributed by atoms with Gasteiger partial charge in [-0.05, 0) is 29.2 Å². The van der Waals surface area contributed by atoms with E-state index in [2.05, 4.69) is 9.36 Å². The van der Waals surface area contributed by atoms with E-state index in [0.717, 1.165) is 0 Å². The molecule has 1 aromatic heterocycles. The largest absolute Gasteiger partial charge is 0.392 e. The molecule has 1 N–H and O–H groups in total. The number of halogens is 1. The topological polar surface area (TPSA) is 46.0 Å². The molecule has 2 rings (SSSR count). The van der Waals surface area contributed by atoms with Crippen LogP contribution in [0, 0.1) is 5.82 Å². The molecule has 2 aromatic rings. The highest BCUT2D eigenvalue weighted by atomic mass is 32.2. The summed E-state index contributed by atoms with van der Waals surface area (Å²) in [6, 6.07) is 4.64. The number of benzene rings is 1. The number of aromatic nitrogens is 2. The molecule has 0 spiro atoms. The maximum Gasteiger partial charge on any atom is 0.174 e. The van der Waals surface area contributed by atoms with E-state index in [0.29, 0.717) is 14.8 Å². The lowest BCUT2D eigenvalue weighted by Crippen LogP contribution is -1.87. The molecule has 0 aliphatic heterocycles. The zero-order valence-corrected chi connectivity index (χ0v) is 9.19. The minimum Gasteiger partial charge on any atom is -0.392 e. The molecule has 0 atom stereocenters. The molecule has 0 radical (unpaired) electrons. The normalized spacial score (nSPS) is 10.5. The summed E-state index contributed by atoms with van der Waals surface area (Å²) < 4.78 is 18.0. The number of hydrogen-bond acceptors (Lipinski definition) is 5. The SMILES string of the molecule is OCc1ccc(Sc2ncns2)c(F)c1. The second-order valence-corrected chi connectivity index (χ2v) is 4.80. The summed E-state index contributed by atoms with van der Waals surface area (Å²) in [5.41, 5.74) is 0.564. The van der Waals surface area contributed by atoms with Crippen LogP contribution in [0.4, 0.5) is 4.39 Å². The van der Waals surface area contributed by atoms with Crippen LogP contribution >= 0.6 is 23.3 Å². The standard InChI is InChI=1S/C9H7FN2OS2/c10-7-3-6(4-13)1-2-8(7)14-9-11-5-12-15-9/h1-3,5,13H,4H2. The highest BCUT2D eigenvalue weighted by molar-refractivity contribution is 8.01. The van der Waals surface area contributed by atoms with Crippen LogP contribution in [-0.2, 0) is 6.61 Å². The number of rotatable bonds is 3. The first-order valence-corrected chi connectivity index (χ1v) is 5.72. The van der Waals surface area contributed by atoms with Gasteiger partial charge in [-0.25, -0.2) is 9.37 Å². The average molecular weight is 242 g/mol. The second-order valence-electron chi connectivity index (χ2n) is 2.73. The molecule has 6 heteroatoms. The first-order valence-electron chi connectivity index (χ1n) is 4.13. The van der Waals surface area contributed by atoms with Crippen molar-refractivity contribution in [1.82, 2.24) is 9.36 Å². The first-order chi connectivity index (χ1) is 7.29. The maximum atomic E-state index is 13.5. The smallest absolute Gasteiger partial charge is 0.174 e. The minimum absolute atomic E-state index is 0.152. The zero-order chi connectivity index (χ0) is 10.7. The van der Waals surface area contributed by atoms with Gasteiger partial charge in [-0.2, -0.15) is 4.37 Å². The molecule has 0 unspecified atom stereocenters. The molecule has 3 nitrogen and oxygen atoms in total. The van der Waals surface area contributed by atoms with Crippen LogP contribution in [0.25, 0.3) is 0 Å². The lowest BCUT2D eigenvalue weighted by molar-refractivity contribution is 0.281. The van der Waals surface area contributed by atoms with Crippen LogP contribution < -0.4 is 0 Å². The highest BCUT2D eigenvalue weighted by Gasteiger charge is 2.07. The molecule has 0 fully saturated rings. The van der Waals surface area contributed by atoms with Crippen molar-refractivity contribution >= 4 is 23.3 Å². The third-order valence-electron chi connectivity index (χ3n) is 1.72. The molecule has 0 saturated heterocycles. The lowest BCUT2D eigenvalue weighted by Gasteiger charge is -2.01. The van der Waals surface area contributed by atoms with E-state index in [1.54, 1.807) is 12.1 Å². The van der Waals surface area contributed by atoms with Gasteiger partial charge in [0.2, 0.25) is 0 Å². The molecule has 0 aliphatic carbocycles. The fourth-order valence-corrected chi connectivity index (χ4v) is 2.43. The Morgan fingerprint density at radius 2 is 2.33 bits per heavy atom. The van der Waals surface area contributed by atoms with Gasteiger partial charge in [0, 0.05) is 0 Å². The molecule has 1 heterocycles. The van der Waals surface area contributed by atoms with Crippen molar-refractivity contribution in [2.24, 2.45) is 0 Å². The summed E-state index contributed by atoms with van der Waals surface area (Å²) in [5, 5.41) is 8.82. The Morgan fingerprint density at radius 1 is 1.47 bits per heavy atom. The second kappa shape index (κ2) is 4.69. The van der Waals surface area contributed by atoms with E-state index in [1.807, 2.05) is 0 Å². The van der Waals surface area contributed by atoms with Crippen molar-refractivity contribution in [2.45, 2.75) is 15.8 Å². The van der Waals surface area contributed by atoms with Crippen LogP contribution in [0.2, 0.25) is 0 Å². The van der Waals surface area contributed by atoms with E-state index >= 15 is 0 Å². The van der Waals surface area contributed by atoms with Gasteiger partial charge in [0.25, 0.3) is 0 Å². The molecule has 78 valence electrons. The zero-order valence-electron chi connectivity index (χ0n) is 7.55. The molecule has 0 saturated carbocycles. The summed E-state index contributed by atoms with van der Waals surface area (Å²) in [4.78, 5) is 4.44. The van der Waals surface area contributed by atoms with E-state index in [-0.39, 0.29) is 12.4 Å². The Labute approximate surface area is 94.2 Å². The molecule has 0 aliphatic rings.